The van der Waals surface area contributed by atoms with Crippen molar-refractivity contribution < 1.29 is 8.81 Å². The van der Waals surface area contributed by atoms with Crippen LogP contribution in [-0.2, 0) is 0 Å². The maximum atomic E-state index is 13.0. The summed E-state index contributed by atoms with van der Waals surface area (Å²) in [5, 5.41) is 0. The molecule has 0 saturated heterocycles. The summed E-state index contributed by atoms with van der Waals surface area (Å²) < 4.78 is 18.7. The molecule has 2 aromatic carbocycles. The van der Waals surface area contributed by atoms with E-state index in [-0.39, 0.29) is 5.82 Å². The molecule has 0 amide bonds. The number of aromatic nitrogens is 1. The van der Waals surface area contributed by atoms with E-state index in [2.05, 4.69) is 4.98 Å². The minimum Gasteiger partial charge on any atom is -0.436 e. The summed E-state index contributed by atoms with van der Waals surface area (Å²) in [7, 11) is 0. The summed E-state index contributed by atoms with van der Waals surface area (Å²) in [6.07, 6.45) is 0. The number of benzene rings is 2. The monoisotopic (exact) mass is 242 g/mol. The topological polar surface area (TPSA) is 52.0 Å². The van der Waals surface area contributed by atoms with Crippen LogP contribution in [0.1, 0.15) is 5.56 Å². The molecule has 90 valence electrons. The summed E-state index contributed by atoms with van der Waals surface area (Å²) in [5.74, 6) is 0.0420. The number of nitrogens with two attached hydrogens (primary N) is 1. The van der Waals surface area contributed by atoms with Crippen LogP contribution in [0.25, 0.3) is 22.6 Å². The largest absolute Gasteiger partial charge is 0.436 e. The van der Waals surface area contributed by atoms with Gasteiger partial charge in [0.15, 0.2) is 5.58 Å². The number of fused-ring (bicyclic) bond motifs is 1. The Hall–Kier alpha value is -2.36. The van der Waals surface area contributed by atoms with Crippen LogP contribution >= 0.6 is 0 Å². The third-order valence-electron chi connectivity index (χ3n) is 2.86. The second-order valence-electron chi connectivity index (χ2n) is 4.17. The van der Waals surface area contributed by atoms with Gasteiger partial charge in [0.1, 0.15) is 11.3 Å². The SMILES string of the molecule is Cc1cccc2nc(-c3ccc(F)cc3N)oc12. The zero-order valence-corrected chi connectivity index (χ0v) is 9.77. The summed E-state index contributed by atoms with van der Waals surface area (Å²) in [5.41, 5.74) is 9.21. The normalized spacial score (nSPS) is 11.0. The average molecular weight is 242 g/mol. The summed E-state index contributed by atoms with van der Waals surface area (Å²) in [6, 6.07) is 9.91. The number of hydrogen-bond donors (Lipinski definition) is 1. The molecule has 2 N–H and O–H groups in total. The van der Waals surface area contributed by atoms with Gasteiger partial charge >= 0.3 is 0 Å². The van der Waals surface area contributed by atoms with E-state index in [9.17, 15) is 4.39 Å². The first-order chi connectivity index (χ1) is 8.65. The third kappa shape index (κ3) is 1.62. The fourth-order valence-corrected chi connectivity index (χ4v) is 1.93. The van der Waals surface area contributed by atoms with Crippen molar-refractivity contribution in [3.8, 4) is 11.5 Å². The van der Waals surface area contributed by atoms with Gasteiger partial charge in [-0.1, -0.05) is 12.1 Å². The van der Waals surface area contributed by atoms with E-state index < -0.39 is 0 Å². The molecule has 0 spiro atoms. The molecule has 0 radical (unpaired) electrons. The number of nitrogens with zero attached hydrogens (tertiary/aromatic N) is 1. The molecule has 3 nitrogen and oxygen atoms in total. The highest BCUT2D eigenvalue weighted by Gasteiger charge is 2.12. The van der Waals surface area contributed by atoms with Gasteiger partial charge in [0, 0.05) is 5.69 Å². The van der Waals surface area contributed by atoms with Crippen LogP contribution in [0.2, 0.25) is 0 Å². The lowest BCUT2D eigenvalue weighted by atomic mass is 10.2. The molecule has 4 heteroatoms. The van der Waals surface area contributed by atoms with Crippen molar-refractivity contribution in [3.05, 3.63) is 47.8 Å². The van der Waals surface area contributed by atoms with Gasteiger partial charge in [0.05, 0.1) is 5.56 Å². The predicted octanol–water partition coefficient (Wildman–Crippen LogP) is 3.52. The van der Waals surface area contributed by atoms with Gasteiger partial charge in [-0.2, -0.15) is 0 Å². The highest BCUT2D eigenvalue weighted by molar-refractivity contribution is 5.81. The lowest BCUT2D eigenvalue weighted by Crippen LogP contribution is -1.91. The van der Waals surface area contributed by atoms with Gasteiger partial charge in [-0.05, 0) is 36.8 Å². The fraction of sp³-hybridized carbons (Fsp3) is 0.0714. The van der Waals surface area contributed by atoms with E-state index in [4.69, 9.17) is 10.2 Å². The van der Waals surface area contributed by atoms with Gasteiger partial charge in [0.25, 0.3) is 0 Å². The molecule has 0 bridgehead atoms. The molecule has 1 heterocycles. The maximum absolute atomic E-state index is 13.0. The second-order valence-corrected chi connectivity index (χ2v) is 4.17. The zero-order chi connectivity index (χ0) is 12.7. The Morgan fingerprint density at radius 2 is 2.06 bits per heavy atom. The highest BCUT2D eigenvalue weighted by atomic mass is 19.1. The van der Waals surface area contributed by atoms with Crippen LogP contribution in [0.4, 0.5) is 10.1 Å². The van der Waals surface area contributed by atoms with Crippen LogP contribution in [-0.4, -0.2) is 4.98 Å². The first-order valence-corrected chi connectivity index (χ1v) is 5.57. The van der Waals surface area contributed by atoms with Crippen LogP contribution in [0.15, 0.2) is 40.8 Å². The van der Waals surface area contributed by atoms with Crippen LogP contribution < -0.4 is 5.73 Å². The lowest BCUT2D eigenvalue weighted by molar-refractivity contribution is 0.615. The predicted molar refractivity (Wildman–Crippen MR) is 68.6 cm³/mol. The second kappa shape index (κ2) is 3.84. The first kappa shape index (κ1) is 10.8. The standard InChI is InChI=1S/C14H11FN2O/c1-8-3-2-4-12-13(8)18-14(17-12)10-6-5-9(15)7-11(10)16/h2-7H,16H2,1H3. The van der Waals surface area contributed by atoms with Gasteiger partial charge in [0.2, 0.25) is 5.89 Å². The summed E-state index contributed by atoms with van der Waals surface area (Å²) in [6.45, 7) is 1.95. The Morgan fingerprint density at radius 1 is 1.22 bits per heavy atom. The van der Waals surface area contributed by atoms with Gasteiger partial charge in [-0.25, -0.2) is 9.37 Å². The molecular formula is C14H11FN2O. The van der Waals surface area contributed by atoms with Crippen molar-refractivity contribution in [1.82, 2.24) is 4.98 Å². The molecule has 0 aliphatic rings. The highest BCUT2D eigenvalue weighted by Crippen LogP contribution is 2.30. The minimum absolute atomic E-state index is 0.319. The average Bonchev–Trinajstić information content (AvgIpc) is 2.74. The van der Waals surface area contributed by atoms with Gasteiger partial charge in [-0.15, -0.1) is 0 Å². The Labute approximate surface area is 103 Å². The number of halogens is 1. The molecule has 0 unspecified atom stereocenters. The zero-order valence-electron chi connectivity index (χ0n) is 9.77. The van der Waals surface area contributed by atoms with E-state index in [1.54, 1.807) is 6.07 Å². The molecule has 1 aromatic heterocycles. The first-order valence-electron chi connectivity index (χ1n) is 5.57. The molecule has 0 saturated carbocycles. The smallest absolute Gasteiger partial charge is 0.229 e. The van der Waals surface area contributed by atoms with Crippen molar-refractivity contribution in [1.29, 1.82) is 0 Å². The van der Waals surface area contributed by atoms with Crippen molar-refractivity contribution >= 4 is 16.8 Å². The number of oxazole rings is 1. The summed E-state index contributed by atoms with van der Waals surface area (Å²) in [4.78, 5) is 4.37. The minimum atomic E-state index is -0.372. The molecule has 0 fully saturated rings. The van der Waals surface area contributed by atoms with Gasteiger partial charge in [-0.3, -0.25) is 0 Å². The van der Waals surface area contributed by atoms with Crippen molar-refractivity contribution in [2.24, 2.45) is 0 Å². The van der Waals surface area contributed by atoms with Crippen molar-refractivity contribution in [2.75, 3.05) is 5.73 Å². The molecule has 3 aromatic rings. The Balaban J connectivity index is 2.23. The number of para-hydroxylation sites is 1. The number of hydrogen-bond acceptors (Lipinski definition) is 3. The van der Waals surface area contributed by atoms with Crippen molar-refractivity contribution in [3.63, 3.8) is 0 Å². The maximum Gasteiger partial charge on any atom is 0.229 e. The van der Waals surface area contributed by atoms with Crippen LogP contribution in [0.3, 0.4) is 0 Å². The molecule has 3 rings (SSSR count). The Morgan fingerprint density at radius 3 is 2.78 bits per heavy atom. The molecular weight excluding hydrogens is 231 g/mol. The van der Waals surface area contributed by atoms with E-state index in [1.165, 1.54) is 12.1 Å². The molecule has 0 atom stereocenters. The lowest BCUT2D eigenvalue weighted by Gasteiger charge is -2.00. The fourth-order valence-electron chi connectivity index (χ4n) is 1.93. The number of nitrogen functional groups attached to an aromatic ring is 1. The Kier molecular flexibility index (Phi) is 2.30. The quantitative estimate of drug-likeness (QED) is 0.664. The van der Waals surface area contributed by atoms with Crippen molar-refractivity contribution in [2.45, 2.75) is 6.92 Å². The number of rotatable bonds is 1. The van der Waals surface area contributed by atoms with Gasteiger partial charge < -0.3 is 10.2 Å². The van der Waals surface area contributed by atoms with E-state index in [0.717, 1.165) is 16.7 Å². The van der Waals surface area contributed by atoms with E-state index >= 15 is 0 Å². The number of anilines is 1. The Bertz CT molecular complexity index is 734. The third-order valence-corrected chi connectivity index (χ3v) is 2.86. The van der Waals surface area contributed by atoms with Crippen LogP contribution in [0.5, 0.6) is 0 Å². The summed E-state index contributed by atoms with van der Waals surface area (Å²) >= 11 is 0. The molecule has 18 heavy (non-hydrogen) atoms. The molecule has 0 aliphatic carbocycles. The van der Waals surface area contributed by atoms with E-state index in [1.807, 2.05) is 25.1 Å². The number of aryl methyl sites for hydroxylation is 1. The van der Waals surface area contributed by atoms with Crippen LogP contribution in [0, 0.1) is 12.7 Å². The van der Waals surface area contributed by atoms with E-state index in [0.29, 0.717) is 17.1 Å². The molecule has 0 aliphatic heterocycles.